The van der Waals surface area contributed by atoms with Crippen molar-refractivity contribution >= 4 is 0 Å². The average molecular weight is 158 g/mol. The predicted octanol–water partition coefficient (Wildman–Crippen LogP) is -13.1. The number of hydrogen-bond acceptors (Lipinski definition) is 6. The molecular weight excluding hydrogens is 158 g/mol. The smallest absolute Gasteiger partial charge is 1.00 e. The molecule has 0 aromatic heterocycles. The van der Waals surface area contributed by atoms with Gasteiger partial charge in [-0.1, -0.05) is 0 Å². The van der Waals surface area contributed by atoms with Crippen LogP contribution in [-0.4, -0.2) is 0 Å². The molecule has 0 heterocycles. The third-order valence-corrected chi connectivity index (χ3v) is 0. The summed E-state index contributed by atoms with van der Waals surface area (Å²) in [7, 11) is 0. The minimum atomic E-state index is 0. The molecular formula is Li2O6Ti. The zero-order valence-electron chi connectivity index (χ0n) is 4.95. The maximum absolute atomic E-state index is 7.00. The molecule has 0 bridgehead atoms. The molecule has 0 radical (unpaired) electrons. The van der Waals surface area contributed by atoms with E-state index in [1.807, 2.05) is 0 Å². The maximum atomic E-state index is 7.00. The van der Waals surface area contributed by atoms with Gasteiger partial charge in [-0.25, -0.2) is 0 Å². The predicted molar refractivity (Wildman–Crippen MR) is 0 cm³/mol. The molecule has 0 aromatic carbocycles. The molecule has 0 spiro atoms. The first-order chi connectivity index (χ1) is 3.00. The summed E-state index contributed by atoms with van der Waals surface area (Å²) >= 11 is 0. The first kappa shape index (κ1) is 45.8. The van der Waals surface area contributed by atoms with Gasteiger partial charge in [0.15, 0.2) is 0 Å². The summed E-state index contributed by atoms with van der Waals surface area (Å²) in [6.45, 7) is 0. The molecule has 42 valence electrons. The number of rotatable bonds is 0. The molecule has 0 saturated carbocycles. The van der Waals surface area contributed by atoms with Crippen LogP contribution in [0, 0.1) is 0 Å². The van der Waals surface area contributed by atoms with Crippen LogP contribution in [0.15, 0.2) is 0 Å². The Balaban J connectivity index is -0.00000000321. The Hall–Kier alpha value is 1.67. The van der Waals surface area contributed by atoms with E-state index in [0.29, 0.717) is 0 Å². The topological polar surface area (TPSA) is 138 Å². The van der Waals surface area contributed by atoms with Crippen molar-refractivity contribution in [3.8, 4) is 0 Å². The fourth-order valence-electron chi connectivity index (χ4n) is 0. The Kier molecular flexibility index (Phi) is 1330. The van der Waals surface area contributed by atoms with Gasteiger partial charge in [-0.05, 0) is 0 Å². The molecule has 0 aliphatic rings. The quantitative estimate of drug-likeness (QED) is 0.194. The Morgan fingerprint density at radius 1 is 0.444 bits per heavy atom. The van der Waals surface area contributed by atoms with Crippen LogP contribution in [0.1, 0.15) is 0 Å². The monoisotopic (exact) mass is 158 g/mol. The molecule has 0 amide bonds. The number of hydrogen-bond donors (Lipinski definition) is 0. The Labute approximate surface area is 90.5 Å². The van der Waals surface area contributed by atoms with Crippen LogP contribution in [0.3, 0.4) is 0 Å². The standard InChI is InChI=1S/2Li.3O2.Ti/c;;3*1-2;/q2*+1;3*-2;+4. The van der Waals surface area contributed by atoms with E-state index in [9.17, 15) is 0 Å². The van der Waals surface area contributed by atoms with Crippen LogP contribution in [0.2, 0.25) is 0 Å². The van der Waals surface area contributed by atoms with E-state index in [1.165, 1.54) is 0 Å². The molecule has 0 unspecified atom stereocenters. The van der Waals surface area contributed by atoms with Crippen LogP contribution >= 0.6 is 0 Å². The molecule has 0 fully saturated rings. The van der Waals surface area contributed by atoms with Gasteiger partial charge in [-0.3, -0.25) is 0 Å². The van der Waals surface area contributed by atoms with E-state index >= 15 is 0 Å². The van der Waals surface area contributed by atoms with Crippen molar-refractivity contribution < 1.29 is 91.0 Å². The Morgan fingerprint density at radius 2 is 0.444 bits per heavy atom. The fourth-order valence-corrected chi connectivity index (χ4v) is 0. The molecule has 0 aromatic rings. The van der Waals surface area contributed by atoms with Crippen molar-refractivity contribution in [1.29, 1.82) is 0 Å². The molecule has 0 aliphatic carbocycles. The molecule has 9 heavy (non-hydrogen) atoms. The van der Waals surface area contributed by atoms with Crippen molar-refractivity contribution in [1.82, 2.24) is 0 Å². The zero-order chi connectivity index (χ0) is 6.00. The van der Waals surface area contributed by atoms with Gasteiger partial charge in [0.2, 0.25) is 0 Å². The third-order valence-electron chi connectivity index (χ3n) is 0. The molecule has 0 rings (SSSR count). The van der Waals surface area contributed by atoms with Crippen molar-refractivity contribution in [3.63, 3.8) is 0 Å². The Morgan fingerprint density at radius 3 is 0.444 bits per heavy atom. The van der Waals surface area contributed by atoms with E-state index in [2.05, 4.69) is 0 Å². The second kappa shape index (κ2) is 261. The average Bonchev–Trinajstić information content (AvgIpc) is 1.81. The molecule has 0 N–H and O–H groups in total. The van der Waals surface area contributed by atoms with Gasteiger partial charge in [0.25, 0.3) is 0 Å². The van der Waals surface area contributed by atoms with Gasteiger partial charge in [0.1, 0.15) is 0 Å². The summed E-state index contributed by atoms with van der Waals surface area (Å²) in [5, 5.41) is 42.0. The third kappa shape index (κ3) is 204. The SMILES string of the molecule is [Li+].[Li+].[O-][O-].[O-][O-].[O-][O-].[Ti+4]. The summed E-state index contributed by atoms with van der Waals surface area (Å²) in [6.07, 6.45) is 0. The Bertz CT molecular complexity index is 11.0. The van der Waals surface area contributed by atoms with E-state index < -0.39 is 0 Å². The summed E-state index contributed by atoms with van der Waals surface area (Å²) < 4.78 is 0. The largest absolute Gasteiger partial charge is 4.00 e. The molecule has 9 heteroatoms. The summed E-state index contributed by atoms with van der Waals surface area (Å²) in [6, 6.07) is 0. The van der Waals surface area contributed by atoms with Gasteiger partial charge in [0, 0.05) is 0 Å². The second-order valence-corrected chi connectivity index (χ2v) is 0. The minimum absolute atomic E-state index is 0. The van der Waals surface area contributed by atoms with Gasteiger partial charge in [-0.2, -0.15) is 0 Å². The first-order valence-electron chi connectivity index (χ1n) is 0.500. The molecule has 6 nitrogen and oxygen atoms in total. The van der Waals surface area contributed by atoms with Gasteiger partial charge in [-0.15, -0.1) is 0 Å². The minimum Gasteiger partial charge on any atom is -1.00 e. The van der Waals surface area contributed by atoms with E-state index in [1.54, 1.807) is 0 Å². The second-order valence-electron chi connectivity index (χ2n) is 0. The maximum Gasteiger partial charge on any atom is 4.00 e. The first-order valence-corrected chi connectivity index (χ1v) is 0.500. The van der Waals surface area contributed by atoms with E-state index in [-0.39, 0.29) is 59.4 Å². The van der Waals surface area contributed by atoms with Crippen molar-refractivity contribution in [2.75, 3.05) is 0 Å². The van der Waals surface area contributed by atoms with Crippen molar-refractivity contribution in [3.05, 3.63) is 0 Å². The van der Waals surface area contributed by atoms with E-state index in [0.717, 1.165) is 0 Å². The van der Waals surface area contributed by atoms with Gasteiger partial charge in [0.05, 0.1) is 0 Å². The normalized spacial score (nSPS) is 2.00. The van der Waals surface area contributed by atoms with Crippen LogP contribution < -0.4 is 69.3 Å². The summed E-state index contributed by atoms with van der Waals surface area (Å²) in [5.74, 6) is 0. The van der Waals surface area contributed by atoms with Crippen molar-refractivity contribution in [2.24, 2.45) is 0 Å². The van der Waals surface area contributed by atoms with Crippen LogP contribution in [0.4, 0.5) is 0 Å². The zero-order valence-corrected chi connectivity index (χ0v) is 6.51. The molecule has 0 atom stereocenters. The molecule has 0 aliphatic heterocycles. The summed E-state index contributed by atoms with van der Waals surface area (Å²) in [4.78, 5) is 0. The van der Waals surface area contributed by atoms with Crippen LogP contribution in [0.25, 0.3) is 0 Å². The summed E-state index contributed by atoms with van der Waals surface area (Å²) in [5.41, 5.74) is 0. The fraction of sp³-hybridized carbons (Fsp3) is 0. The van der Waals surface area contributed by atoms with Gasteiger partial charge < -0.3 is 31.5 Å². The van der Waals surface area contributed by atoms with E-state index in [4.69, 9.17) is 31.5 Å². The van der Waals surface area contributed by atoms with Crippen molar-refractivity contribution in [2.45, 2.75) is 0 Å². The van der Waals surface area contributed by atoms with Crippen LogP contribution in [-0.2, 0) is 21.7 Å². The van der Waals surface area contributed by atoms with Crippen LogP contribution in [0.5, 0.6) is 0 Å². The van der Waals surface area contributed by atoms with Gasteiger partial charge >= 0.3 is 59.4 Å². The molecule has 0 saturated heterocycles.